The second kappa shape index (κ2) is 6.34. The third kappa shape index (κ3) is 3.77. The lowest BCUT2D eigenvalue weighted by molar-refractivity contribution is -0.0498. The van der Waals surface area contributed by atoms with Gasteiger partial charge in [-0.2, -0.15) is 13.9 Å². The number of carbonyl (C=O) groups excluding carboxylic acids is 1. The van der Waals surface area contributed by atoms with Gasteiger partial charge in [-0.15, -0.1) is 0 Å². The van der Waals surface area contributed by atoms with E-state index in [2.05, 4.69) is 15.2 Å². The molecule has 0 atom stereocenters. The predicted molar refractivity (Wildman–Crippen MR) is 72.2 cm³/mol. The topological polar surface area (TPSA) is 56.1 Å². The molecular formula is C14H15F2N3O2. The Morgan fingerprint density at radius 2 is 2.05 bits per heavy atom. The van der Waals surface area contributed by atoms with Crippen molar-refractivity contribution in [2.75, 3.05) is 0 Å². The second-order valence-corrected chi connectivity index (χ2v) is 4.46. The fourth-order valence-electron chi connectivity index (χ4n) is 1.78. The number of nitrogens with zero attached hydrogens (tertiary/aromatic N) is 2. The van der Waals surface area contributed by atoms with Crippen LogP contribution in [0.5, 0.6) is 5.75 Å². The number of ether oxygens (including phenoxy) is 1. The van der Waals surface area contributed by atoms with Gasteiger partial charge in [0, 0.05) is 30.4 Å². The number of amides is 1. The average molecular weight is 295 g/mol. The number of rotatable bonds is 5. The van der Waals surface area contributed by atoms with Crippen LogP contribution in [0.25, 0.3) is 0 Å². The summed E-state index contributed by atoms with van der Waals surface area (Å²) in [4.78, 5) is 11.9. The van der Waals surface area contributed by atoms with E-state index in [4.69, 9.17) is 0 Å². The molecule has 0 fully saturated rings. The number of alkyl halides is 2. The van der Waals surface area contributed by atoms with E-state index in [0.29, 0.717) is 12.1 Å². The zero-order chi connectivity index (χ0) is 15.4. The molecule has 1 aromatic carbocycles. The van der Waals surface area contributed by atoms with E-state index in [9.17, 15) is 13.6 Å². The SMILES string of the molecule is Cc1c(CNC(=O)c2ccc(OC(F)F)cc2)cnn1C. The highest BCUT2D eigenvalue weighted by atomic mass is 19.3. The molecule has 0 aliphatic carbocycles. The summed E-state index contributed by atoms with van der Waals surface area (Å²) >= 11 is 0. The first-order valence-electron chi connectivity index (χ1n) is 6.28. The molecule has 0 saturated carbocycles. The standard InChI is InChI=1S/C14H15F2N3O2/c1-9-11(8-18-19(9)2)7-17-13(20)10-3-5-12(6-4-10)21-14(15)16/h3-6,8,14H,7H2,1-2H3,(H,17,20). The van der Waals surface area contributed by atoms with Crippen LogP contribution in [0.1, 0.15) is 21.6 Å². The molecular weight excluding hydrogens is 280 g/mol. The van der Waals surface area contributed by atoms with E-state index in [1.807, 2.05) is 14.0 Å². The van der Waals surface area contributed by atoms with Crippen molar-refractivity contribution in [3.8, 4) is 5.75 Å². The van der Waals surface area contributed by atoms with Gasteiger partial charge in [-0.3, -0.25) is 9.48 Å². The number of benzene rings is 1. The summed E-state index contributed by atoms with van der Waals surface area (Å²) in [6.07, 6.45) is 1.69. The highest BCUT2D eigenvalue weighted by molar-refractivity contribution is 5.94. The number of aryl methyl sites for hydroxylation is 1. The Morgan fingerprint density at radius 1 is 1.38 bits per heavy atom. The largest absolute Gasteiger partial charge is 0.435 e. The van der Waals surface area contributed by atoms with Crippen LogP contribution in [0.15, 0.2) is 30.5 Å². The molecule has 112 valence electrons. The number of hydrogen-bond acceptors (Lipinski definition) is 3. The Morgan fingerprint density at radius 3 is 2.57 bits per heavy atom. The van der Waals surface area contributed by atoms with Gasteiger partial charge in [-0.25, -0.2) is 0 Å². The maximum atomic E-state index is 12.0. The molecule has 2 aromatic rings. The number of carbonyl (C=O) groups is 1. The first-order valence-corrected chi connectivity index (χ1v) is 6.28. The zero-order valence-corrected chi connectivity index (χ0v) is 11.6. The summed E-state index contributed by atoms with van der Waals surface area (Å²) in [5.74, 6) is -0.272. The molecule has 0 aliphatic heterocycles. The molecule has 21 heavy (non-hydrogen) atoms. The van der Waals surface area contributed by atoms with Crippen molar-refractivity contribution < 1.29 is 18.3 Å². The number of hydrogen-bond donors (Lipinski definition) is 1. The van der Waals surface area contributed by atoms with Gasteiger partial charge in [-0.05, 0) is 31.2 Å². The van der Waals surface area contributed by atoms with Crippen molar-refractivity contribution in [1.82, 2.24) is 15.1 Å². The molecule has 0 aliphatic rings. The fraction of sp³-hybridized carbons (Fsp3) is 0.286. The van der Waals surface area contributed by atoms with Crippen LogP contribution in [-0.4, -0.2) is 22.3 Å². The summed E-state index contributed by atoms with van der Waals surface area (Å²) in [7, 11) is 1.82. The number of aromatic nitrogens is 2. The highest BCUT2D eigenvalue weighted by Crippen LogP contribution is 2.15. The molecule has 0 spiro atoms. The molecule has 1 amide bonds. The van der Waals surface area contributed by atoms with E-state index < -0.39 is 6.61 Å². The normalized spacial score (nSPS) is 10.7. The van der Waals surface area contributed by atoms with E-state index in [-0.39, 0.29) is 11.7 Å². The zero-order valence-electron chi connectivity index (χ0n) is 11.6. The monoisotopic (exact) mass is 295 g/mol. The van der Waals surface area contributed by atoms with Crippen molar-refractivity contribution >= 4 is 5.91 Å². The van der Waals surface area contributed by atoms with Crippen LogP contribution in [0.3, 0.4) is 0 Å². The molecule has 5 nitrogen and oxygen atoms in total. The smallest absolute Gasteiger partial charge is 0.387 e. The number of nitrogens with one attached hydrogen (secondary N) is 1. The molecule has 7 heteroatoms. The van der Waals surface area contributed by atoms with Crippen molar-refractivity contribution in [3.05, 3.63) is 47.3 Å². The Bertz CT molecular complexity index is 624. The Kier molecular flexibility index (Phi) is 4.52. The van der Waals surface area contributed by atoms with Gasteiger partial charge < -0.3 is 10.1 Å². The molecule has 1 heterocycles. The minimum absolute atomic E-state index is 0.0182. The summed E-state index contributed by atoms with van der Waals surface area (Å²) in [5, 5.41) is 6.83. The lowest BCUT2D eigenvalue weighted by Crippen LogP contribution is -2.23. The lowest BCUT2D eigenvalue weighted by Gasteiger charge is -2.07. The maximum Gasteiger partial charge on any atom is 0.387 e. The third-order valence-corrected chi connectivity index (χ3v) is 3.12. The van der Waals surface area contributed by atoms with Gasteiger partial charge in [0.1, 0.15) is 5.75 Å². The maximum absolute atomic E-state index is 12.0. The van der Waals surface area contributed by atoms with Crippen LogP contribution in [0.4, 0.5) is 8.78 Å². The van der Waals surface area contributed by atoms with Crippen molar-refractivity contribution in [2.24, 2.45) is 7.05 Å². The summed E-state index contributed by atoms with van der Waals surface area (Å²) in [5.41, 5.74) is 2.26. The summed E-state index contributed by atoms with van der Waals surface area (Å²) < 4.78 is 30.0. The molecule has 1 N–H and O–H groups in total. The van der Waals surface area contributed by atoms with Gasteiger partial charge in [0.05, 0.1) is 6.20 Å². The van der Waals surface area contributed by atoms with Crippen molar-refractivity contribution in [3.63, 3.8) is 0 Å². The van der Waals surface area contributed by atoms with Crippen molar-refractivity contribution in [2.45, 2.75) is 20.1 Å². The third-order valence-electron chi connectivity index (χ3n) is 3.12. The molecule has 0 bridgehead atoms. The fourth-order valence-corrected chi connectivity index (χ4v) is 1.78. The second-order valence-electron chi connectivity index (χ2n) is 4.46. The van der Waals surface area contributed by atoms with Crippen LogP contribution in [-0.2, 0) is 13.6 Å². The van der Waals surface area contributed by atoms with Crippen LogP contribution in [0, 0.1) is 6.92 Å². The van der Waals surface area contributed by atoms with Gasteiger partial charge in [0.15, 0.2) is 0 Å². The van der Waals surface area contributed by atoms with Crippen molar-refractivity contribution in [1.29, 1.82) is 0 Å². The first-order chi connectivity index (χ1) is 9.97. The molecule has 2 rings (SSSR count). The Hall–Kier alpha value is -2.44. The molecule has 0 radical (unpaired) electrons. The van der Waals surface area contributed by atoms with Crippen LogP contribution in [0.2, 0.25) is 0 Å². The highest BCUT2D eigenvalue weighted by Gasteiger charge is 2.09. The lowest BCUT2D eigenvalue weighted by atomic mass is 10.2. The summed E-state index contributed by atoms with van der Waals surface area (Å²) in [6.45, 7) is -0.614. The summed E-state index contributed by atoms with van der Waals surface area (Å²) in [6, 6.07) is 5.53. The van der Waals surface area contributed by atoms with Crippen LogP contribution >= 0.6 is 0 Å². The first kappa shape index (κ1) is 15.0. The van der Waals surface area contributed by atoms with Crippen LogP contribution < -0.4 is 10.1 Å². The molecule has 0 unspecified atom stereocenters. The molecule has 1 aromatic heterocycles. The predicted octanol–water partition coefficient (Wildman–Crippen LogP) is 2.26. The minimum atomic E-state index is -2.88. The Labute approximate surface area is 120 Å². The number of halogens is 2. The quantitative estimate of drug-likeness (QED) is 0.920. The molecule has 0 saturated heterocycles. The van der Waals surface area contributed by atoms with Gasteiger partial charge in [0.2, 0.25) is 0 Å². The Balaban J connectivity index is 1.95. The van der Waals surface area contributed by atoms with E-state index in [1.165, 1.54) is 24.3 Å². The van der Waals surface area contributed by atoms with Gasteiger partial charge >= 0.3 is 6.61 Å². The van der Waals surface area contributed by atoms with Gasteiger partial charge in [-0.1, -0.05) is 0 Å². The van der Waals surface area contributed by atoms with E-state index >= 15 is 0 Å². The van der Waals surface area contributed by atoms with E-state index in [1.54, 1.807) is 10.9 Å². The minimum Gasteiger partial charge on any atom is -0.435 e. The van der Waals surface area contributed by atoms with E-state index in [0.717, 1.165) is 11.3 Å². The average Bonchev–Trinajstić information content (AvgIpc) is 2.76. The van der Waals surface area contributed by atoms with Gasteiger partial charge in [0.25, 0.3) is 5.91 Å².